The van der Waals surface area contributed by atoms with Crippen molar-refractivity contribution in [3.63, 3.8) is 0 Å². The molecule has 0 amide bonds. The summed E-state index contributed by atoms with van der Waals surface area (Å²) in [5.41, 5.74) is 0.908. The van der Waals surface area contributed by atoms with Crippen LogP contribution >= 0.6 is 0 Å². The number of carbonyl (C=O) groups is 1. The topological polar surface area (TPSA) is 101 Å². The number of aromatic hydroxyl groups is 1. The van der Waals surface area contributed by atoms with E-state index >= 15 is 0 Å². The van der Waals surface area contributed by atoms with Crippen molar-refractivity contribution in [2.24, 2.45) is 0 Å². The minimum Gasteiger partial charge on any atom is -0.507 e. The molecule has 0 aliphatic heterocycles. The van der Waals surface area contributed by atoms with E-state index in [4.69, 9.17) is 9.84 Å². The van der Waals surface area contributed by atoms with Crippen molar-refractivity contribution >= 4 is 15.8 Å². The van der Waals surface area contributed by atoms with Crippen LogP contribution < -0.4 is 4.74 Å². The zero-order chi connectivity index (χ0) is 27.6. The summed E-state index contributed by atoms with van der Waals surface area (Å²) in [4.78, 5) is 11.4. The van der Waals surface area contributed by atoms with Crippen molar-refractivity contribution in [2.75, 3.05) is 12.4 Å². The fourth-order valence-corrected chi connectivity index (χ4v) is 5.83. The third-order valence-electron chi connectivity index (χ3n) is 6.88. The maximum absolute atomic E-state index is 12.7. The molecule has 0 bridgehead atoms. The molecule has 0 saturated carbocycles. The Morgan fingerprint density at radius 3 is 1.87 bits per heavy atom. The number of phenols is 1. The second kappa shape index (κ2) is 17.9. The number of sulfone groups is 1. The monoisotopic (exact) mass is 546 g/mol. The summed E-state index contributed by atoms with van der Waals surface area (Å²) < 4.78 is 30.8. The van der Waals surface area contributed by atoms with Gasteiger partial charge in [-0.2, -0.15) is 0 Å². The van der Waals surface area contributed by atoms with Crippen LogP contribution in [0.4, 0.5) is 0 Å². The molecule has 212 valence electrons. The molecule has 38 heavy (non-hydrogen) atoms. The average molecular weight is 547 g/mol. The Bertz CT molecular complexity index is 1050. The lowest BCUT2D eigenvalue weighted by molar-refractivity contribution is 0.0693. The number of aryl methyl sites for hydroxylation is 1. The quantitative estimate of drug-likeness (QED) is 0.154. The van der Waals surface area contributed by atoms with Crippen molar-refractivity contribution in [2.45, 2.75) is 108 Å². The highest BCUT2D eigenvalue weighted by Gasteiger charge is 2.15. The maximum Gasteiger partial charge on any atom is 0.339 e. The molecule has 0 heterocycles. The highest BCUT2D eigenvalue weighted by Crippen LogP contribution is 2.23. The van der Waals surface area contributed by atoms with Gasteiger partial charge in [0.05, 0.1) is 17.3 Å². The summed E-state index contributed by atoms with van der Waals surface area (Å²) in [7, 11) is -3.42. The predicted molar refractivity (Wildman–Crippen MR) is 153 cm³/mol. The summed E-state index contributed by atoms with van der Waals surface area (Å²) in [6.07, 6.45) is 18.5. The second-order valence-corrected chi connectivity index (χ2v) is 12.3. The first-order chi connectivity index (χ1) is 18.3. The van der Waals surface area contributed by atoms with Gasteiger partial charge >= 0.3 is 5.97 Å². The predicted octanol–water partition coefficient (Wildman–Crippen LogP) is 7.97. The Morgan fingerprint density at radius 1 is 0.763 bits per heavy atom. The summed E-state index contributed by atoms with van der Waals surface area (Å²) in [5, 5.41) is 18.6. The zero-order valence-corrected chi connectivity index (χ0v) is 23.8. The zero-order valence-electron chi connectivity index (χ0n) is 23.0. The Hall–Kier alpha value is -2.54. The van der Waals surface area contributed by atoms with E-state index in [1.54, 1.807) is 12.1 Å². The molecule has 0 saturated heterocycles. The van der Waals surface area contributed by atoms with Crippen LogP contribution in [0.15, 0.2) is 47.4 Å². The lowest BCUT2D eigenvalue weighted by Crippen LogP contribution is -2.11. The first-order valence-corrected chi connectivity index (χ1v) is 16.0. The minimum absolute atomic E-state index is 0.0604. The smallest absolute Gasteiger partial charge is 0.339 e. The van der Waals surface area contributed by atoms with Crippen LogP contribution in [0.3, 0.4) is 0 Å². The lowest BCUT2D eigenvalue weighted by atomic mass is 10.0. The number of rotatable bonds is 21. The Balaban J connectivity index is 1.58. The van der Waals surface area contributed by atoms with E-state index in [9.17, 15) is 18.3 Å². The first-order valence-electron chi connectivity index (χ1n) is 14.3. The van der Waals surface area contributed by atoms with Crippen LogP contribution in [0.25, 0.3) is 0 Å². The molecule has 0 atom stereocenters. The van der Waals surface area contributed by atoms with Crippen molar-refractivity contribution in [3.05, 3.63) is 53.6 Å². The van der Waals surface area contributed by atoms with Gasteiger partial charge in [0.15, 0.2) is 9.84 Å². The molecule has 2 aromatic rings. The molecule has 2 N–H and O–H groups in total. The van der Waals surface area contributed by atoms with Gasteiger partial charge in [0.25, 0.3) is 0 Å². The molecular weight excluding hydrogens is 500 g/mol. The molecular formula is C31H46O6S. The molecule has 7 heteroatoms. The van der Waals surface area contributed by atoms with E-state index in [1.807, 2.05) is 12.1 Å². The van der Waals surface area contributed by atoms with Gasteiger partial charge in [-0.05, 0) is 55.2 Å². The molecule has 0 radical (unpaired) electrons. The van der Waals surface area contributed by atoms with Gasteiger partial charge in [0.2, 0.25) is 0 Å². The van der Waals surface area contributed by atoms with Crippen LogP contribution in [0.2, 0.25) is 0 Å². The van der Waals surface area contributed by atoms with E-state index in [0.29, 0.717) is 4.90 Å². The Kier molecular flexibility index (Phi) is 14.9. The number of aromatic carboxylic acids is 1. The number of unbranched alkanes of at least 4 members (excludes halogenated alkanes) is 12. The third-order valence-corrected chi connectivity index (χ3v) is 8.69. The fourth-order valence-electron chi connectivity index (χ4n) is 4.54. The maximum atomic E-state index is 12.7. The number of benzene rings is 2. The van der Waals surface area contributed by atoms with Gasteiger partial charge in [-0.1, -0.05) is 96.1 Å². The van der Waals surface area contributed by atoms with Gasteiger partial charge < -0.3 is 14.9 Å². The largest absolute Gasteiger partial charge is 0.507 e. The van der Waals surface area contributed by atoms with E-state index in [1.165, 1.54) is 95.2 Å². The molecule has 2 aromatic carbocycles. The molecule has 0 aliphatic carbocycles. The van der Waals surface area contributed by atoms with Crippen molar-refractivity contribution in [3.8, 4) is 11.5 Å². The average Bonchev–Trinajstić information content (AvgIpc) is 2.90. The second-order valence-electron chi connectivity index (χ2n) is 10.1. The highest BCUT2D eigenvalue weighted by atomic mass is 32.2. The van der Waals surface area contributed by atoms with Crippen molar-refractivity contribution in [1.82, 2.24) is 0 Å². The van der Waals surface area contributed by atoms with Crippen molar-refractivity contribution < 1.29 is 28.2 Å². The van der Waals surface area contributed by atoms with Gasteiger partial charge in [0, 0.05) is 0 Å². The normalized spacial score (nSPS) is 11.5. The third kappa shape index (κ3) is 12.3. The summed E-state index contributed by atoms with van der Waals surface area (Å²) in [6, 6.07) is 11.1. The van der Waals surface area contributed by atoms with Gasteiger partial charge in [0.1, 0.15) is 17.1 Å². The molecule has 6 nitrogen and oxygen atoms in total. The summed E-state index contributed by atoms with van der Waals surface area (Å²) in [6.45, 7) is 2.38. The molecule has 2 rings (SSSR count). The van der Waals surface area contributed by atoms with Gasteiger partial charge in [-0.3, -0.25) is 0 Å². The van der Waals surface area contributed by atoms with E-state index < -0.39 is 15.8 Å². The minimum atomic E-state index is -3.42. The fraction of sp³-hybridized carbons (Fsp3) is 0.581. The molecule has 0 fully saturated rings. The number of hydrogen-bond donors (Lipinski definition) is 2. The van der Waals surface area contributed by atoms with Crippen LogP contribution in [-0.2, 0) is 16.3 Å². The Morgan fingerprint density at radius 2 is 1.32 bits per heavy atom. The lowest BCUT2D eigenvalue weighted by Gasteiger charge is -2.09. The molecule has 0 unspecified atom stereocenters. The van der Waals surface area contributed by atoms with Crippen molar-refractivity contribution in [1.29, 1.82) is 0 Å². The van der Waals surface area contributed by atoms with Gasteiger partial charge in [-0.15, -0.1) is 0 Å². The molecule has 0 aliphatic rings. The van der Waals surface area contributed by atoms with E-state index in [-0.39, 0.29) is 35.8 Å². The van der Waals surface area contributed by atoms with Crippen LogP contribution in [0.5, 0.6) is 11.5 Å². The number of ether oxygens (including phenoxy) is 1. The van der Waals surface area contributed by atoms with Crippen LogP contribution in [-0.4, -0.2) is 37.0 Å². The van der Waals surface area contributed by atoms with E-state index in [2.05, 4.69) is 6.92 Å². The van der Waals surface area contributed by atoms with Crippen LogP contribution in [0, 0.1) is 0 Å². The number of carboxylic acid groups (broad SMARTS) is 1. The number of hydrogen-bond acceptors (Lipinski definition) is 5. The van der Waals surface area contributed by atoms with E-state index in [0.717, 1.165) is 18.4 Å². The standard InChI is InChI=1S/C31H46O6S/c1-2-3-4-5-6-7-8-9-10-11-12-13-14-16-26-17-20-28(21-18-26)38(35,36)24-15-23-37-27-19-22-30(32)29(25-27)31(33)34/h17-22,25,32H,2-16,23-24H2,1H3,(H,33,34). The summed E-state index contributed by atoms with van der Waals surface area (Å²) >= 11 is 0. The van der Waals surface area contributed by atoms with Crippen LogP contribution in [0.1, 0.15) is 113 Å². The SMILES string of the molecule is CCCCCCCCCCCCCCCc1ccc(S(=O)(=O)CCCOc2ccc(O)c(C(=O)O)c2)cc1. The number of carboxylic acids is 1. The summed E-state index contributed by atoms with van der Waals surface area (Å²) in [5.74, 6) is -1.39. The Labute approximate surface area is 229 Å². The molecule has 0 aromatic heterocycles. The van der Waals surface area contributed by atoms with Gasteiger partial charge in [-0.25, -0.2) is 13.2 Å². The highest BCUT2D eigenvalue weighted by molar-refractivity contribution is 7.91. The first kappa shape index (κ1) is 31.7. The molecule has 0 spiro atoms.